The van der Waals surface area contributed by atoms with Gasteiger partial charge in [-0.1, -0.05) is 18.2 Å². The second-order valence-electron chi connectivity index (χ2n) is 6.57. The number of carbonyl (C=O) groups excluding carboxylic acids is 1. The van der Waals surface area contributed by atoms with E-state index in [1.54, 1.807) is 36.7 Å². The van der Waals surface area contributed by atoms with Gasteiger partial charge < -0.3 is 19.7 Å². The molecule has 2 heterocycles. The van der Waals surface area contributed by atoms with E-state index in [-0.39, 0.29) is 18.6 Å². The Morgan fingerprint density at radius 2 is 1.96 bits per heavy atom. The third-order valence-corrected chi connectivity index (χ3v) is 4.72. The molecular weight excluding hydrogens is 378 g/mol. The van der Waals surface area contributed by atoms with Crippen molar-refractivity contribution in [2.75, 3.05) is 26.2 Å². The predicted molar refractivity (Wildman–Crippen MR) is 109 cm³/mol. The molecule has 1 aromatic heterocycles. The molecule has 6 nitrogen and oxygen atoms in total. The number of amides is 1. The van der Waals surface area contributed by atoms with Gasteiger partial charge in [0.15, 0.2) is 6.61 Å². The highest BCUT2D eigenvalue weighted by Crippen LogP contribution is 2.21. The molecule has 7 heteroatoms. The summed E-state index contributed by atoms with van der Waals surface area (Å²) < 4.78 is 11.4. The number of aromatic nitrogens is 1. The van der Waals surface area contributed by atoms with Crippen LogP contribution < -0.4 is 14.8 Å². The minimum absolute atomic E-state index is 0.0281. The van der Waals surface area contributed by atoms with E-state index >= 15 is 0 Å². The van der Waals surface area contributed by atoms with Crippen LogP contribution in [0.5, 0.6) is 11.5 Å². The molecule has 1 unspecified atom stereocenters. The van der Waals surface area contributed by atoms with E-state index in [1.807, 2.05) is 12.1 Å². The second-order valence-corrected chi connectivity index (χ2v) is 7.00. The van der Waals surface area contributed by atoms with E-state index < -0.39 is 0 Å². The number of likely N-dealkylation sites (tertiary alicyclic amines) is 1. The molecule has 3 rings (SSSR count). The van der Waals surface area contributed by atoms with Gasteiger partial charge in [-0.25, -0.2) is 0 Å². The molecular formula is C21H24ClN3O3. The van der Waals surface area contributed by atoms with Gasteiger partial charge in [0, 0.05) is 49.0 Å². The monoisotopic (exact) mass is 401 g/mol. The first-order valence-corrected chi connectivity index (χ1v) is 9.62. The molecule has 1 aliphatic heterocycles. The molecule has 1 fully saturated rings. The summed E-state index contributed by atoms with van der Waals surface area (Å²) >= 11 is 5.82. The number of nitrogens with zero attached hydrogens (tertiary/aromatic N) is 2. The van der Waals surface area contributed by atoms with Gasteiger partial charge in [-0.2, -0.15) is 0 Å². The first-order valence-electron chi connectivity index (χ1n) is 9.24. The largest absolute Gasteiger partial charge is 0.488 e. The zero-order valence-corrected chi connectivity index (χ0v) is 16.4. The Kier molecular flexibility index (Phi) is 7.14. The molecule has 0 radical (unpaired) electrons. The molecule has 1 amide bonds. The van der Waals surface area contributed by atoms with E-state index in [0.29, 0.717) is 23.7 Å². The Labute approximate surface area is 170 Å². The van der Waals surface area contributed by atoms with Crippen LogP contribution in [0.3, 0.4) is 0 Å². The van der Waals surface area contributed by atoms with E-state index in [4.69, 9.17) is 21.1 Å². The maximum absolute atomic E-state index is 11.9. The first-order chi connectivity index (χ1) is 13.6. The van der Waals surface area contributed by atoms with Crippen LogP contribution >= 0.6 is 11.6 Å². The fraction of sp³-hybridized carbons (Fsp3) is 0.333. The molecule has 1 aromatic carbocycles. The van der Waals surface area contributed by atoms with Crippen LogP contribution in [0.25, 0.3) is 0 Å². The lowest BCUT2D eigenvalue weighted by Crippen LogP contribution is -2.31. The number of hydrogen-bond donors (Lipinski definition) is 1. The van der Waals surface area contributed by atoms with Crippen LogP contribution in [0.4, 0.5) is 0 Å². The number of halogens is 1. The SMILES string of the molecule is C=C(CCNC(=O)COc1ccc(Cl)cc1)N1CCC(Oc2ccncc2)C1. The summed E-state index contributed by atoms with van der Waals surface area (Å²) in [4.78, 5) is 18.1. The van der Waals surface area contributed by atoms with E-state index in [9.17, 15) is 4.79 Å². The molecule has 0 saturated carbocycles. The second kappa shape index (κ2) is 9.99. The van der Waals surface area contributed by atoms with Gasteiger partial charge in [0.2, 0.25) is 0 Å². The fourth-order valence-corrected chi connectivity index (χ4v) is 3.08. The molecule has 28 heavy (non-hydrogen) atoms. The van der Waals surface area contributed by atoms with Gasteiger partial charge >= 0.3 is 0 Å². The third kappa shape index (κ3) is 6.16. The standard InChI is InChI=1S/C21H24ClN3O3/c1-16(25-13-9-20(14-25)28-19-7-10-23-11-8-19)6-12-24-21(26)15-27-18-4-2-17(22)3-5-18/h2-5,7-8,10-11,20H,1,6,9,12-15H2,(H,24,26). The maximum atomic E-state index is 11.9. The van der Waals surface area contributed by atoms with E-state index in [1.165, 1.54) is 0 Å². The Morgan fingerprint density at radius 3 is 2.71 bits per heavy atom. The van der Waals surface area contributed by atoms with Crippen molar-refractivity contribution in [1.82, 2.24) is 15.2 Å². The predicted octanol–water partition coefficient (Wildman–Crippen LogP) is 3.29. The van der Waals surface area contributed by atoms with Gasteiger partial charge in [0.25, 0.3) is 5.91 Å². The van der Waals surface area contributed by atoms with Gasteiger partial charge in [-0.15, -0.1) is 0 Å². The van der Waals surface area contributed by atoms with Crippen molar-refractivity contribution in [3.63, 3.8) is 0 Å². The summed E-state index contributed by atoms with van der Waals surface area (Å²) in [7, 11) is 0. The number of ether oxygens (including phenoxy) is 2. The molecule has 0 aliphatic carbocycles. The zero-order chi connectivity index (χ0) is 19.8. The van der Waals surface area contributed by atoms with Crippen molar-refractivity contribution in [2.24, 2.45) is 0 Å². The van der Waals surface area contributed by atoms with Crippen LogP contribution in [0.2, 0.25) is 5.02 Å². The maximum Gasteiger partial charge on any atom is 0.257 e. The quantitative estimate of drug-likeness (QED) is 0.698. The summed E-state index contributed by atoms with van der Waals surface area (Å²) in [6.45, 7) is 6.34. The topological polar surface area (TPSA) is 63.7 Å². The lowest BCUT2D eigenvalue weighted by Gasteiger charge is -2.21. The van der Waals surface area contributed by atoms with Crippen LogP contribution in [-0.2, 0) is 4.79 Å². The third-order valence-electron chi connectivity index (χ3n) is 4.46. The molecule has 0 bridgehead atoms. The number of benzene rings is 1. The Bertz CT molecular complexity index is 783. The van der Waals surface area contributed by atoms with Gasteiger partial charge in [0.05, 0.1) is 6.54 Å². The van der Waals surface area contributed by atoms with E-state index in [0.717, 1.165) is 31.0 Å². The highest BCUT2D eigenvalue weighted by Gasteiger charge is 2.24. The van der Waals surface area contributed by atoms with Crippen LogP contribution in [0.1, 0.15) is 12.8 Å². The lowest BCUT2D eigenvalue weighted by molar-refractivity contribution is -0.123. The number of rotatable bonds is 9. The van der Waals surface area contributed by atoms with Gasteiger partial charge in [0.1, 0.15) is 17.6 Å². The first kappa shape index (κ1) is 20.0. The molecule has 1 saturated heterocycles. The average Bonchev–Trinajstić information content (AvgIpc) is 3.17. The van der Waals surface area contributed by atoms with Crippen LogP contribution in [0.15, 0.2) is 61.1 Å². The summed E-state index contributed by atoms with van der Waals surface area (Å²) in [5.74, 6) is 1.28. The van der Waals surface area contributed by atoms with Gasteiger partial charge in [-0.05, 0) is 36.4 Å². The number of nitrogens with one attached hydrogen (secondary N) is 1. The van der Waals surface area contributed by atoms with Crippen LogP contribution in [0, 0.1) is 0 Å². The van der Waals surface area contributed by atoms with Crippen molar-refractivity contribution in [1.29, 1.82) is 0 Å². The Hall–Kier alpha value is -2.73. The Morgan fingerprint density at radius 1 is 1.21 bits per heavy atom. The lowest BCUT2D eigenvalue weighted by atomic mass is 10.3. The minimum Gasteiger partial charge on any atom is -0.488 e. The number of carbonyl (C=O) groups is 1. The molecule has 1 atom stereocenters. The molecule has 1 aliphatic rings. The van der Waals surface area contributed by atoms with Crippen molar-refractivity contribution in [3.05, 3.63) is 66.1 Å². The highest BCUT2D eigenvalue weighted by molar-refractivity contribution is 6.30. The van der Waals surface area contributed by atoms with Crippen molar-refractivity contribution in [2.45, 2.75) is 18.9 Å². The average molecular weight is 402 g/mol. The smallest absolute Gasteiger partial charge is 0.257 e. The molecule has 148 valence electrons. The molecule has 2 aromatic rings. The highest BCUT2D eigenvalue weighted by atomic mass is 35.5. The van der Waals surface area contributed by atoms with Gasteiger partial charge in [-0.3, -0.25) is 9.78 Å². The normalized spacial score (nSPS) is 15.9. The molecule has 1 N–H and O–H groups in total. The zero-order valence-electron chi connectivity index (χ0n) is 15.6. The van der Waals surface area contributed by atoms with E-state index in [2.05, 4.69) is 21.8 Å². The fourth-order valence-electron chi connectivity index (χ4n) is 2.96. The number of pyridine rings is 1. The van der Waals surface area contributed by atoms with Crippen molar-refractivity contribution < 1.29 is 14.3 Å². The molecule has 0 spiro atoms. The van der Waals surface area contributed by atoms with Crippen molar-refractivity contribution in [3.8, 4) is 11.5 Å². The summed E-state index contributed by atoms with van der Waals surface area (Å²) in [6.07, 6.45) is 5.22. The Balaban J connectivity index is 1.32. The summed E-state index contributed by atoms with van der Waals surface area (Å²) in [5, 5.41) is 3.48. The summed E-state index contributed by atoms with van der Waals surface area (Å²) in [6, 6.07) is 10.6. The minimum atomic E-state index is -0.164. The van der Waals surface area contributed by atoms with Crippen molar-refractivity contribution >= 4 is 17.5 Å². The van der Waals surface area contributed by atoms with Crippen LogP contribution in [-0.4, -0.2) is 48.1 Å². The number of hydrogen-bond acceptors (Lipinski definition) is 5. The summed E-state index contributed by atoms with van der Waals surface area (Å²) in [5.41, 5.74) is 1.000.